The number of hydrogen-bond acceptors (Lipinski definition) is 5. The number of ether oxygens (including phenoxy) is 5. The maximum atomic E-state index is 6.44. The van der Waals surface area contributed by atoms with Gasteiger partial charge in [-0.3, -0.25) is 0 Å². The fraction of sp³-hybridized carbons (Fsp3) is 0.657. The van der Waals surface area contributed by atoms with Gasteiger partial charge in [0.2, 0.25) is 0 Å². The highest BCUT2D eigenvalue weighted by Crippen LogP contribution is 2.39. The van der Waals surface area contributed by atoms with E-state index < -0.39 is 0 Å². The summed E-state index contributed by atoms with van der Waals surface area (Å²) < 4.78 is 30.9. The zero-order chi connectivity index (χ0) is 28.6. The fourth-order valence-electron chi connectivity index (χ4n) is 6.39. The Kier molecular flexibility index (Phi) is 9.26. The van der Waals surface area contributed by atoms with E-state index in [1.54, 1.807) is 0 Å². The molecule has 2 aromatic rings. The van der Waals surface area contributed by atoms with Crippen molar-refractivity contribution in [2.45, 2.75) is 106 Å². The van der Waals surface area contributed by atoms with Gasteiger partial charge in [-0.15, -0.1) is 0 Å². The minimum Gasteiger partial charge on any atom is -0.493 e. The van der Waals surface area contributed by atoms with E-state index in [-0.39, 0.29) is 24.8 Å². The summed E-state index contributed by atoms with van der Waals surface area (Å²) >= 11 is 0. The molecule has 1 saturated carbocycles. The van der Waals surface area contributed by atoms with E-state index in [2.05, 4.69) is 79.7 Å². The quantitative estimate of drug-likeness (QED) is 0.362. The lowest BCUT2D eigenvalue weighted by molar-refractivity contribution is -0.254. The normalized spacial score (nSPS) is 33.1. The number of rotatable bonds is 6. The molecule has 0 bridgehead atoms. The van der Waals surface area contributed by atoms with Crippen LogP contribution in [0.5, 0.6) is 5.75 Å². The maximum Gasteiger partial charge on any atom is 0.184 e. The molecule has 5 rings (SSSR count). The lowest BCUT2D eigenvalue weighted by atomic mass is 9.81. The van der Waals surface area contributed by atoms with E-state index in [4.69, 9.17) is 23.7 Å². The highest BCUT2D eigenvalue weighted by molar-refractivity contribution is 5.74. The van der Waals surface area contributed by atoms with Gasteiger partial charge in [0, 0.05) is 23.3 Å². The molecular weight excluding hydrogens is 500 g/mol. The summed E-state index contributed by atoms with van der Waals surface area (Å²) in [4.78, 5) is 0. The Bertz CT molecular complexity index is 1170. The van der Waals surface area contributed by atoms with Crippen molar-refractivity contribution < 1.29 is 23.7 Å². The predicted octanol–water partition coefficient (Wildman–Crippen LogP) is 8.24. The van der Waals surface area contributed by atoms with Crippen molar-refractivity contribution >= 4 is 0 Å². The summed E-state index contributed by atoms with van der Waals surface area (Å²) in [6.07, 6.45) is 4.81. The first-order valence-corrected chi connectivity index (χ1v) is 15.5. The van der Waals surface area contributed by atoms with E-state index in [9.17, 15) is 0 Å². The average Bonchev–Trinajstić information content (AvgIpc) is 2.95. The highest BCUT2D eigenvalue weighted by Gasteiger charge is 2.34. The van der Waals surface area contributed by atoms with Crippen molar-refractivity contribution in [2.24, 2.45) is 23.7 Å². The SMILES string of the molecule is Cc1c(OCC2CCC(C3OCC(C)C(C)O3)CC2)ccc(-c2ccc(C3OCC(C)C(C)O3)c(C)c2C)c1C. The van der Waals surface area contributed by atoms with Gasteiger partial charge >= 0.3 is 0 Å². The Balaban J connectivity index is 1.21. The predicted molar refractivity (Wildman–Crippen MR) is 160 cm³/mol. The van der Waals surface area contributed by atoms with Gasteiger partial charge in [-0.05, 0) is 113 Å². The molecule has 3 aliphatic rings. The van der Waals surface area contributed by atoms with E-state index in [0.29, 0.717) is 23.7 Å². The zero-order valence-electron chi connectivity index (χ0n) is 25.9. The third-order valence-electron chi connectivity index (χ3n) is 10.2. The van der Waals surface area contributed by atoms with Crippen molar-refractivity contribution in [3.05, 3.63) is 52.1 Å². The van der Waals surface area contributed by atoms with Gasteiger partial charge in [0.1, 0.15) is 5.75 Å². The zero-order valence-corrected chi connectivity index (χ0v) is 25.9. The molecule has 6 atom stereocenters. The van der Waals surface area contributed by atoms with Crippen LogP contribution in [0.25, 0.3) is 11.1 Å². The second-order valence-electron chi connectivity index (χ2n) is 12.9. The van der Waals surface area contributed by atoms with Gasteiger partial charge in [0.15, 0.2) is 12.6 Å². The van der Waals surface area contributed by atoms with Gasteiger partial charge in [0.05, 0.1) is 32.0 Å². The third kappa shape index (κ3) is 6.13. The molecule has 3 fully saturated rings. The molecule has 5 heteroatoms. The van der Waals surface area contributed by atoms with Crippen LogP contribution < -0.4 is 4.74 Å². The van der Waals surface area contributed by atoms with Gasteiger partial charge in [-0.2, -0.15) is 0 Å². The Morgan fingerprint density at radius 1 is 0.675 bits per heavy atom. The van der Waals surface area contributed by atoms with Gasteiger partial charge < -0.3 is 23.7 Å². The molecule has 40 heavy (non-hydrogen) atoms. The molecule has 5 nitrogen and oxygen atoms in total. The van der Waals surface area contributed by atoms with Gasteiger partial charge in [-0.1, -0.05) is 32.0 Å². The van der Waals surface area contributed by atoms with E-state index in [0.717, 1.165) is 44.0 Å². The first-order valence-electron chi connectivity index (χ1n) is 15.5. The van der Waals surface area contributed by atoms with Gasteiger partial charge in [0.25, 0.3) is 0 Å². The van der Waals surface area contributed by atoms with Crippen molar-refractivity contribution in [1.29, 1.82) is 0 Å². The molecule has 0 spiro atoms. The van der Waals surface area contributed by atoms with Crippen LogP contribution in [-0.2, 0) is 18.9 Å². The van der Waals surface area contributed by atoms with Crippen molar-refractivity contribution in [2.75, 3.05) is 19.8 Å². The van der Waals surface area contributed by atoms with Crippen LogP contribution in [0.3, 0.4) is 0 Å². The molecule has 0 N–H and O–H groups in total. The smallest absolute Gasteiger partial charge is 0.184 e. The third-order valence-corrected chi connectivity index (χ3v) is 10.2. The van der Waals surface area contributed by atoms with E-state index in [1.807, 2.05) is 0 Å². The summed E-state index contributed by atoms with van der Waals surface area (Å²) in [6, 6.07) is 8.81. The molecule has 1 aliphatic carbocycles. The lowest BCUT2D eigenvalue weighted by Gasteiger charge is -2.39. The van der Waals surface area contributed by atoms with Crippen LogP contribution in [0, 0.1) is 51.4 Å². The molecule has 0 radical (unpaired) electrons. The summed E-state index contributed by atoms with van der Waals surface area (Å²) in [6.45, 7) is 19.8. The van der Waals surface area contributed by atoms with Crippen LogP contribution in [0.4, 0.5) is 0 Å². The second kappa shape index (κ2) is 12.5. The van der Waals surface area contributed by atoms with E-state index in [1.165, 1.54) is 46.2 Å². The topological polar surface area (TPSA) is 46.2 Å². The standard InChI is InChI=1S/C35H50O5/c1-20-17-37-34(39-26(20)7)29-11-9-28(10-12-29)19-36-33-16-15-31(24(5)25(33)6)30-13-14-32(23(4)22(30)3)35-38-18-21(2)27(8)40-35/h13-16,20-21,26-29,34-35H,9-12,17-19H2,1-8H3. The minimum absolute atomic E-state index is 0.0263. The van der Waals surface area contributed by atoms with Crippen molar-refractivity contribution in [1.82, 2.24) is 0 Å². The molecule has 0 aromatic heterocycles. The van der Waals surface area contributed by atoms with Crippen LogP contribution in [-0.4, -0.2) is 38.3 Å². The molecule has 2 heterocycles. The first-order chi connectivity index (χ1) is 19.1. The average molecular weight is 551 g/mol. The van der Waals surface area contributed by atoms with Crippen LogP contribution >= 0.6 is 0 Å². The fourth-order valence-corrected chi connectivity index (χ4v) is 6.39. The largest absolute Gasteiger partial charge is 0.493 e. The van der Waals surface area contributed by atoms with Crippen molar-refractivity contribution in [3.8, 4) is 16.9 Å². The lowest BCUT2D eigenvalue weighted by Crippen LogP contribution is -2.42. The molecule has 2 saturated heterocycles. The highest BCUT2D eigenvalue weighted by atomic mass is 16.7. The number of hydrogen-bond donors (Lipinski definition) is 0. The molecule has 2 aliphatic heterocycles. The molecule has 0 amide bonds. The van der Waals surface area contributed by atoms with E-state index >= 15 is 0 Å². The Hall–Kier alpha value is -1.92. The van der Waals surface area contributed by atoms with Crippen molar-refractivity contribution in [3.63, 3.8) is 0 Å². The second-order valence-corrected chi connectivity index (χ2v) is 12.9. The summed E-state index contributed by atoms with van der Waals surface area (Å²) in [5.41, 5.74) is 8.68. The first kappa shape index (κ1) is 29.6. The monoisotopic (exact) mass is 550 g/mol. The Labute approximate surface area is 241 Å². The Morgan fingerprint density at radius 3 is 1.93 bits per heavy atom. The Morgan fingerprint density at radius 2 is 1.27 bits per heavy atom. The summed E-state index contributed by atoms with van der Waals surface area (Å²) in [5, 5.41) is 0. The van der Waals surface area contributed by atoms with Crippen LogP contribution in [0.2, 0.25) is 0 Å². The van der Waals surface area contributed by atoms with Crippen LogP contribution in [0.15, 0.2) is 24.3 Å². The van der Waals surface area contributed by atoms with Gasteiger partial charge in [-0.25, -0.2) is 0 Å². The minimum atomic E-state index is -0.289. The molecule has 6 unspecified atom stereocenters. The molecular formula is C35H50O5. The summed E-state index contributed by atoms with van der Waals surface area (Å²) in [5.74, 6) is 2.99. The van der Waals surface area contributed by atoms with Crippen LogP contribution in [0.1, 0.15) is 87.5 Å². The number of benzene rings is 2. The molecule has 220 valence electrons. The maximum absolute atomic E-state index is 6.44. The molecule has 2 aromatic carbocycles. The summed E-state index contributed by atoms with van der Waals surface area (Å²) in [7, 11) is 0.